The van der Waals surface area contributed by atoms with Crippen LogP contribution in [0.1, 0.15) is 31.2 Å². The molecule has 2 rings (SSSR count). The van der Waals surface area contributed by atoms with Crippen molar-refractivity contribution in [2.45, 2.75) is 32.2 Å². The van der Waals surface area contributed by atoms with Crippen LogP contribution in [-0.2, 0) is 16.1 Å². The first-order chi connectivity index (χ1) is 8.16. The molecule has 0 spiro atoms. The summed E-state index contributed by atoms with van der Waals surface area (Å²) in [6, 6.07) is 1.97. The van der Waals surface area contributed by atoms with E-state index >= 15 is 0 Å². The molecule has 1 aliphatic rings. The molecule has 0 bridgehead atoms. The third-order valence-electron chi connectivity index (χ3n) is 3.35. The summed E-state index contributed by atoms with van der Waals surface area (Å²) >= 11 is 0. The Morgan fingerprint density at radius 2 is 2.18 bits per heavy atom. The normalized spacial score (nSPS) is 17.1. The van der Waals surface area contributed by atoms with E-state index in [2.05, 4.69) is 4.98 Å². The molecule has 1 fully saturated rings. The van der Waals surface area contributed by atoms with Gasteiger partial charge >= 0.3 is 0 Å². The molecule has 92 valence electrons. The number of Topliss-reactive ketones (excluding diaryl/α,β-unsaturated/α-hetero) is 1. The first kappa shape index (κ1) is 11.9. The molecule has 1 aromatic heterocycles. The largest absolute Gasteiger partial charge is 0.367 e. The second-order valence-corrected chi connectivity index (χ2v) is 4.73. The van der Waals surface area contributed by atoms with Crippen molar-refractivity contribution in [3.05, 3.63) is 24.0 Å². The summed E-state index contributed by atoms with van der Waals surface area (Å²) in [4.78, 5) is 28.0. The van der Waals surface area contributed by atoms with Crippen LogP contribution in [0.4, 0.5) is 0 Å². The van der Waals surface area contributed by atoms with E-state index in [1.165, 1.54) is 0 Å². The van der Waals surface area contributed by atoms with E-state index < -0.39 is 0 Å². The van der Waals surface area contributed by atoms with Gasteiger partial charge in [0.25, 0.3) is 0 Å². The number of carbonyl (C=O) groups excluding carboxylic acids is 2. The van der Waals surface area contributed by atoms with Crippen LogP contribution in [0.15, 0.2) is 18.5 Å². The lowest BCUT2D eigenvalue weighted by molar-refractivity contribution is -0.136. The van der Waals surface area contributed by atoms with E-state index in [9.17, 15) is 9.59 Å². The van der Waals surface area contributed by atoms with Crippen LogP contribution in [0.25, 0.3) is 0 Å². The van der Waals surface area contributed by atoms with E-state index in [0.717, 1.165) is 18.4 Å². The zero-order valence-corrected chi connectivity index (χ0v) is 10.1. The third-order valence-corrected chi connectivity index (χ3v) is 3.35. The second kappa shape index (κ2) is 5.17. The lowest BCUT2D eigenvalue weighted by Crippen LogP contribution is -2.34. The number of H-pyrrole nitrogens is 1. The standard InChI is InChI=1S/C13H18N2O2/c1-15(9-10-6-7-14-8-10)13(17)11-2-4-12(16)5-3-11/h6-8,11,14H,2-5,9H2,1H3. The summed E-state index contributed by atoms with van der Waals surface area (Å²) < 4.78 is 0. The van der Waals surface area contributed by atoms with Gasteiger partial charge in [0.05, 0.1) is 0 Å². The minimum atomic E-state index is 0.0386. The minimum absolute atomic E-state index is 0.0386. The lowest BCUT2D eigenvalue weighted by Gasteiger charge is -2.25. The Labute approximate surface area is 101 Å². The first-order valence-electron chi connectivity index (χ1n) is 6.05. The average Bonchev–Trinajstić information content (AvgIpc) is 2.82. The Morgan fingerprint density at radius 3 is 2.76 bits per heavy atom. The van der Waals surface area contributed by atoms with E-state index in [4.69, 9.17) is 0 Å². The fourth-order valence-corrected chi connectivity index (χ4v) is 2.31. The second-order valence-electron chi connectivity index (χ2n) is 4.73. The molecular weight excluding hydrogens is 216 g/mol. The fourth-order valence-electron chi connectivity index (χ4n) is 2.31. The van der Waals surface area contributed by atoms with E-state index in [1.54, 1.807) is 4.90 Å². The summed E-state index contributed by atoms with van der Waals surface area (Å²) in [5.41, 5.74) is 1.10. The van der Waals surface area contributed by atoms with E-state index in [1.807, 2.05) is 25.5 Å². The van der Waals surface area contributed by atoms with Crippen molar-refractivity contribution in [1.29, 1.82) is 0 Å². The maximum atomic E-state index is 12.1. The summed E-state index contributed by atoms with van der Waals surface area (Å²) in [6.07, 6.45) is 6.31. The van der Waals surface area contributed by atoms with Crippen LogP contribution < -0.4 is 0 Å². The van der Waals surface area contributed by atoms with Crippen LogP contribution in [0.3, 0.4) is 0 Å². The van der Waals surface area contributed by atoms with Crippen molar-refractivity contribution in [3.8, 4) is 0 Å². The van der Waals surface area contributed by atoms with Crippen molar-refractivity contribution in [2.24, 2.45) is 5.92 Å². The number of aromatic nitrogens is 1. The molecule has 0 atom stereocenters. The molecule has 1 heterocycles. The molecule has 4 heteroatoms. The molecule has 0 saturated heterocycles. The van der Waals surface area contributed by atoms with Crippen molar-refractivity contribution in [3.63, 3.8) is 0 Å². The van der Waals surface area contributed by atoms with Crippen LogP contribution >= 0.6 is 0 Å². The summed E-state index contributed by atoms with van der Waals surface area (Å²) in [5.74, 6) is 0.498. The summed E-state index contributed by atoms with van der Waals surface area (Å²) in [7, 11) is 1.83. The number of rotatable bonds is 3. The maximum absolute atomic E-state index is 12.1. The molecular formula is C13H18N2O2. The number of hydrogen-bond donors (Lipinski definition) is 1. The molecule has 1 N–H and O–H groups in total. The monoisotopic (exact) mass is 234 g/mol. The quantitative estimate of drug-likeness (QED) is 0.866. The van der Waals surface area contributed by atoms with Gasteiger partial charge in [-0.2, -0.15) is 0 Å². The van der Waals surface area contributed by atoms with Gasteiger partial charge in [0.2, 0.25) is 5.91 Å². The predicted octanol–water partition coefficient (Wildman–Crippen LogP) is 1.73. The first-order valence-corrected chi connectivity index (χ1v) is 6.05. The number of aromatic amines is 1. The van der Waals surface area contributed by atoms with Gasteiger partial charge in [0.1, 0.15) is 5.78 Å². The zero-order valence-electron chi connectivity index (χ0n) is 10.1. The highest BCUT2D eigenvalue weighted by Gasteiger charge is 2.26. The van der Waals surface area contributed by atoms with Crippen molar-refractivity contribution in [2.75, 3.05) is 7.05 Å². The molecule has 0 aromatic carbocycles. The molecule has 0 radical (unpaired) electrons. The van der Waals surface area contributed by atoms with Crippen LogP contribution in [0.5, 0.6) is 0 Å². The van der Waals surface area contributed by atoms with E-state index in [-0.39, 0.29) is 11.8 Å². The Morgan fingerprint density at radius 1 is 1.47 bits per heavy atom. The van der Waals surface area contributed by atoms with Crippen molar-refractivity contribution < 1.29 is 9.59 Å². The molecule has 17 heavy (non-hydrogen) atoms. The summed E-state index contributed by atoms with van der Waals surface area (Å²) in [5, 5.41) is 0. The summed E-state index contributed by atoms with van der Waals surface area (Å²) in [6.45, 7) is 0.632. The average molecular weight is 234 g/mol. The van der Waals surface area contributed by atoms with Gasteiger partial charge in [-0.15, -0.1) is 0 Å². The predicted molar refractivity (Wildman–Crippen MR) is 64.2 cm³/mol. The molecule has 4 nitrogen and oxygen atoms in total. The van der Waals surface area contributed by atoms with E-state index in [0.29, 0.717) is 25.2 Å². The Kier molecular flexibility index (Phi) is 3.61. The van der Waals surface area contributed by atoms with Gasteiger partial charge in [-0.3, -0.25) is 9.59 Å². The lowest BCUT2D eigenvalue weighted by atomic mass is 9.87. The highest BCUT2D eigenvalue weighted by atomic mass is 16.2. The van der Waals surface area contributed by atoms with Crippen LogP contribution in [0, 0.1) is 5.92 Å². The van der Waals surface area contributed by atoms with Gasteiger partial charge in [0.15, 0.2) is 0 Å². The van der Waals surface area contributed by atoms with Gasteiger partial charge in [-0.25, -0.2) is 0 Å². The SMILES string of the molecule is CN(Cc1cc[nH]c1)C(=O)C1CCC(=O)CC1. The molecule has 1 amide bonds. The Bertz CT molecular complexity index is 388. The number of amides is 1. The van der Waals surface area contributed by atoms with Gasteiger partial charge < -0.3 is 9.88 Å². The molecule has 0 aliphatic heterocycles. The minimum Gasteiger partial charge on any atom is -0.367 e. The fraction of sp³-hybridized carbons (Fsp3) is 0.538. The topological polar surface area (TPSA) is 53.2 Å². The van der Waals surface area contributed by atoms with Crippen LogP contribution in [0.2, 0.25) is 0 Å². The van der Waals surface area contributed by atoms with Crippen LogP contribution in [-0.4, -0.2) is 28.6 Å². The smallest absolute Gasteiger partial charge is 0.225 e. The zero-order chi connectivity index (χ0) is 12.3. The number of ketones is 1. The highest BCUT2D eigenvalue weighted by molar-refractivity contribution is 5.84. The van der Waals surface area contributed by atoms with Gasteiger partial charge in [-0.1, -0.05) is 0 Å². The third kappa shape index (κ3) is 2.96. The molecule has 0 unspecified atom stereocenters. The number of nitrogens with zero attached hydrogens (tertiary/aromatic N) is 1. The Hall–Kier alpha value is -1.58. The number of nitrogens with one attached hydrogen (secondary N) is 1. The number of hydrogen-bond acceptors (Lipinski definition) is 2. The molecule has 1 aromatic rings. The van der Waals surface area contributed by atoms with Crippen molar-refractivity contribution >= 4 is 11.7 Å². The molecule has 1 aliphatic carbocycles. The van der Waals surface area contributed by atoms with Crippen molar-refractivity contribution in [1.82, 2.24) is 9.88 Å². The highest BCUT2D eigenvalue weighted by Crippen LogP contribution is 2.23. The van der Waals surface area contributed by atoms with Gasteiger partial charge in [-0.05, 0) is 24.5 Å². The van der Waals surface area contributed by atoms with Gasteiger partial charge in [0, 0.05) is 44.7 Å². The maximum Gasteiger partial charge on any atom is 0.225 e. The molecule has 1 saturated carbocycles. The number of carbonyl (C=O) groups is 2. The Balaban J connectivity index is 1.88.